The number of furan rings is 1. The van der Waals surface area contributed by atoms with E-state index < -0.39 is 0 Å². The zero-order chi connectivity index (χ0) is 11.8. The average Bonchev–Trinajstić information content (AvgIpc) is 2.95. The molecule has 0 radical (unpaired) electrons. The Kier molecular flexibility index (Phi) is 2.36. The van der Waals surface area contributed by atoms with Crippen molar-refractivity contribution in [2.24, 2.45) is 0 Å². The molecule has 0 saturated heterocycles. The van der Waals surface area contributed by atoms with Crippen molar-refractivity contribution in [3.8, 4) is 0 Å². The van der Waals surface area contributed by atoms with Crippen molar-refractivity contribution in [1.29, 1.82) is 0 Å². The predicted octanol–water partition coefficient (Wildman–Crippen LogP) is 3.31. The van der Waals surface area contributed by atoms with Crippen LogP contribution in [0.25, 0.3) is 0 Å². The molecule has 0 atom stereocenters. The molecule has 0 spiro atoms. The van der Waals surface area contributed by atoms with Gasteiger partial charge in [0.1, 0.15) is 12.0 Å². The van der Waals surface area contributed by atoms with E-state index in [4.69, 9.17) is 4.42 Å². The van der Waals surface area contributed by atoms with Crippen molar-refractivity contribution >= 4 is 5.78 Å². The fraction of sp³-hybridized carbons (Fsp3) is 0.267. The van der Waals surface area contributed by atoms with Crippen LogP contribution in [0.2, 0.25) is 0 Å². The summed E-state index contributed by atoms with van der Waals surface area (Å²) >= 11 is 0. The molecule has 1 aliphatic rings. The zero-order valence-corrected chi connectivity index (χ0v) is 9.82. The van der Waals surface area contributed by atoms with Gasteiger partial charge in [-0.2, -0.15) is 0 Å². The van der Waals surface area contributed by atoms with Gasteiger partial charge in [-0.25, -0.2) is 0 Å². The lowest BCUT2D eigenvalue weighted by molar-refractivity contribution is 0.103. The van der Waals surface area contributed by atoms with Crippen LogP contribution in [0.3, 0.4) is 0 Å². The minimum atomic E-state index is 0.0524. The Morgan fingerprint density at radius 1 is 1.12 bits per heavy atom. The van der Waals surface area contributed by atoms with Crippen molar-refractivity contribution < 1.29 is 9.21 Å². The maximum Gasteiger partial charge on any atom is 0.196 e. The minimum Gasteiger partial charge on any atom is -0.469 e. The standard InChI is InChI=1S/C15H14O2/c1-10-7-14(9-17-10)15(16)13-6-5-11-3-2-4-12(11)8-13/h5-9H,2-4H2,1H3. The molecule has 1 aromatic carbocycles. The van der Waals surface area contributed by atoms with Gasteiger partial charge in [0.15, 0.2) is 5.78 Å². The quantitative estimate of drug-likeness (QED) is 0.735. The van der Waals surface area contributed by atoms with Crippen molar-refractivity contribution in [2.45, 2.75) is 26.2 Å². The molecule has 86 valence electrons. The molecular weight excluding hydrogens is 212 g/mol. The molecule has 2 aromatic rings. The molecule has 0 fully saturated rings. The van der Waals surface area contributed by atoms with Gasteiger partial charge >= 0.3 is 0 Å². The second kappa shape index (κ2) is 3.88. The summed E-state index contributed by atoms with van der Waals surface area (Å²) in [4.78, 5) is 12.2. The number of carbonyl (C=O) groups excluding carboxylic acids is 1. The van der Waals surface area contributed by atoms with Crippen LogP contribution < -0.4 is 0 Å². The SMILES string of the molecule is Cc1cc(C(=O)c2ccc3c(c2)CCC3)co1. The fourth-order valence-corrected chi connectivity index (χ4v) is 2.44. The van der Waals surface area contributed by atoms with Crippen LogP contribution in [0.4, 0.5) is 0 Å². The van der Waals surface area contributed by atoms with Crippen molar-refractivity contribution in [1.82, 2.24) is 0 Å². The molecule has 0 bridgehead atoms. The highest BCUT2D eigenvalue weighted by molar-refractivity contribution is 6.09. The second-order valence-corrected chi connectivity index (χ2v) is 4.61. The van der Waals surface area contributed by atoms with E-state index in [1.54, 1.807) is 6.07 Å². The van der Waals surface area contributed by atoms with Crippen LogP contribution >= 0.6 is 0 Å². The van der Waals surface area contributed by atoms with E-state index >= 15 is 0 Å². The number of fused-ring (bicyclic) bond motifs is 1. The fourth-order valence-electron chi connectivity index (χ4n) is 2.44. The maximum atomic E-state index is 12.2. The van der Waals surface area contributed by atoms with Crippen LogP contribution in [-0.2, 0) is 12.8 Å². The first-order chi connectivity index (χ1) is 8.24. The first-order valence-corrected chi connectivity index (χ1v) is 5.96. The summed E-state index contributed by atoms with van der Waals surface area (Å²) in [6.07, 6.45) is 4.98. The van der Waals surface area contributed by atoms with Gasteiger partial charge in [0.05, 0.1) is 5.56 Å². The van der Waals surface area contributed by atoms with E-state index in [1.807, 2.05) is 19.1 Å². The van der Waals surface area contributed by atoms with E-state index in [0.29, 0.717) is 5.56 Å². The molecular formula is C15H14O2. The Morgan fingerprint density at radius 3 is 2.71 bits per heavy atom. The summed E-state index contributed by atoms with van der Waals surface area (Å²) in [7, 11) is 0. The van der Waals surface area contributed by atoms with Crippen LogP contribution in [0, 0.1) is 6.92 Å². The average molecular weight is 226 g/mol. The van der Waals surface area contributed by atoms with Gasteiger partial charge in [-0.1, -0.05) is 12.1 Å². The Hall–Kier alpha value is -1.83. The Bertz CT molecular complexity index is 578. The van der Waals surface area contributed by atoms with Gasteiger partial charge in [0.2, 0.25) is 0 Å². The summed E-state index contributed by atoms with van der Waals surface area (Å²) in [5, 5.41) is 0. The van der Waals surface area contributed by atoms with Crippen molar-refractivity contribution in [2.75, 3.05) is 0 Å². The molecule has 1 heterocycles. The normalized spacial score (nSPS) is 13.7. The monoisotopic (exact) mass is 226 g/mol. The van der Waals surface area contributed by atoms with E-state index in [1.165, 1.54) is 23.8 Å². The lowest BCUT2D eigenvalue weighted by Gasteiger charge is -2.02. The smallest absolute Gasteiger partial charge is 0.196 e. The highest BCUT2D eigenvalue weighted by Crippen LogP contribution is 2.24. The number of aryl methyl sites for hydroxylation is 3. The number of hydrogen-bond acceptors (Lipinski definition) is 2. The Morgan fingerprint density at radius 2 is 1.94 bits per heavy atom. The molecule has 3 rings (SSSR count). The summed E-state index contributed by atoms with van der Waals surface area (Å²) in [6, 6.07) is 7.83. The van der Waals surface area contributed by atoms with Gasteiger partial charge in [-0.15, -0.1) is 0 Å². The molecule has 0 unspecified atom stereocenters. The number of rotatable bonds is 2. The van der Waals surface area contributed by atoms with E-state index in [0.717, 1.165) is 24.2 Å². The highest BCUT2D eigenvalue weighted by atomic mass is 16.3. The third-order valence-electron chi connectivity index (χ3n) is 3.35. The molecule has 1 aliphatic carbocycles. The summed E-state index contributed by atoms with van der Waals surface area (Å²) in [5.74, 6) is 0.825. The summed E-state index contributed by atoms with van der Waals surface area (Å²) in [5.41, 5.74) is 4.13. The zero-order valence-electron chi connectivity index (χ0n) is 9.82. The summed E-state index contributed by atoms with van der Waals surface area (Å²) < 4.78 is 5.18. The maximum absolute atomic E-state index is 12.2. The second-order valence-electron chi connectivity index (χ2n) is 4.61. The van der Waals surface area contributed by atoms with Gasteiger partial charge < -0.3 is 4.42 Å². The third-order valence-corrected chi connectivity index (χ3v) is 3.35. The molecule has 1 aromatic heterocycles. The predicted molar refractivity (Wildman–Crippen MR) is 65.3 cm³/mol. The molecule has 17 heavy (non-hydrogen) atoms. The van der Waals surface area contributed by atoms with E-state index in [2.05, 4.69) is 6.07 Å². The van der Waals surface area contributed by atoms with Crippen molar-refractivity contribution in [3.63, 3.8) is 0 Å². The Labute approximate surface area is 100 Å². The van der Waals surface area contributed by atoms with Crippen molar-refractivity contribution in [3.05, 3.63) is 58.5 Å². The molecule has 2 nitrogen and oxygen atoms in total. The molecule has 2 heteroatoms. The largest absolute Gasteiger partial charge is 0.469 e. The van der Waals surface area contributed by atoms with Gasteiger partial charge in [0.25, 0.3) is 0 Å². The lowest BCUT2D eigenvalue weighted by Crippen LogP contribution is -2.00. The number of hydrogen-bond donors (Lipinski definition) is 0. The van der Waals surface area contributed by atoms with E-state index in [9.17, 15) is 4.79 Å². The van der Waals surface area contributed by atoms with Crippen LogP contribution in [0.15, 0.2) is 34.9 Å². The lowest BCUT2D eigenvalue weighted by atomic mass is 10.0. The highest BCUT2D eigenvalue weighted by Gasteiger charge is 2.16. The number of carbonyl (C=O) groups is 1. The molecule has 0 aliphatic heterocycles. The minimum absolute atomic E-state index is 0.0524. The Balaban J connectivity index is 1.97. The number of ketones is 1. The first-order valence-electron chi connectivity index (χ1n) is 5.96. The number of benzene rings is 1. The van der Waals surface area contributed by atoms with Gasteiger partial charge in [0, 0.05) is 5.56 Å². The molecule has 0 amide bonds. The topological polar surface area (TPSA) is 30.2 Å². The van der Waals surface area contributed by atoms with Gasteiger partial charge in [-0.05, 0) is 49.4 Å². The van der Waals surface area contributed by atoms with Crippen LogP contribution in [0.5, 0.6) is 0 Å². The molecule has 0 saturated carbocycles. The summed E-state index contributed by atoms with van der Waals surface area (Å²) in [6.45, 7) is 1.85. The van der Waals surface area contributed by atoms with Crippen LogP contribution in [0.1, 0.15) is 39.2 Å². The molecule has 0 N–H and O–H groups in total. The first kappa shape index (κ1) is 10.3. The van der Waals surface area contributed by atoms with Crippen LogP contribution in [-0.4, -0.2) is 5.78 Å². The van der Waals surface area contributed by atoms with Gasteiger partial charge in [-0.3, -0.25) is 4.79 Å². The van der Waals surface area contributed by atoms with E-state index in [-0.39, 0.29) is 5.78 Å². The third kappa shape index (κ3) is 1.80.